The van der Waals surface area contributed by atoms with Gasteiger partial charge >= 0.3 is 0 Å². The van der Waals surface area contributed by atoms with Gasteiger partial charge in [-0.2, -0.15) is 0 Å². The Balaban J connectivity index is 1.24. The second kappa shape index (κ2) is 19.3. The predicted molar refractivity (Wildman–Crippen MR) is 238 cm³/mol. The molecule has 4 amide bonds. The Morgan fingerprint density at radius 2 is 1.51 bits per heavy atom. The van der Waals surface area contributed by atoms with Crippen LogP contribution >= 0.6 is 11.6 Å². The quantitative estimate of drug-likeness (QED) is 0.134. The zero-order valence-electron chi connectivity index (χ0n) is 36.5. The molecule has 6 rings (SSSR count). The lowest BCUT2D eigenvalue weighted by molar-refractivity contribution is -0.145. The number of ketones is 1. The van der Waals surface area contributed by atoms with Gasteiger partial charge in [0.05, 0.1) is 18.3 Å². The highest BCUT2D eigenvalue weighted by Gasteiger charge is 2.56. The number of carbonyl (C=O) groups excluding carboxylic acids is 5. The third kappa shape index (κ3) is 10.5. The van der Waals surface area contributed by atoms with Crippen LogP contribution in [0.1, 0.15) is 122 Å². The molecule has 3 aromatic carbocycles. The number of carbonyl (C=O) groups is 5. The van der Waals surface area contributed by atoms with Crippen LogP contribution in [0.4, 0.5) is 0 Å². The van der Waals surface area contributed by atoms with E-state index in [1.165, 1.54) is 11.3 Å². The number of halogens is 1. The molecule has 0 radical (unpaired) electrons. The van der Waals surface area contributed by atoms with Gasteiger partial charge in [0, 0.05) is 41.3 Å². The Morgan fingerprint density at radius 1 is 0.869 bits per heavy atom. The van der Waals surface area contributed by atoms with Crippen molar-refractivity contribution in [3.63, 3.8) is 0 Å². The van der Waals surface area contributed by atoms with Gasteiger partial charge in [0.1, 0.15) is 12.1 Å². The molecule has 3 aromatic rings. The van der Waals surface area contributed by atoms with Crippen LogP contribution in [0.25, 0.3) is 0 Å². The molecule has 1 saturated carbocycles. The topological polar surface area (TPSA) is 146 Å². The van der Waals surface area contributed by atoms with Crippen LogP contribution in [0.5, 0.6) is 0 Å². The number of hydrogen-bond donors (Lipinski definition) is 3. The van der Waals surface area contributed by atoms with E-state index < -0.39 is 64.1 Å². The molecule has 326 valence electrons. The van der Waals surface area contributed by atoms with E-state index in [-0.39, 0.29) is 31.2 Å². The van der Waals surface area contributed by atoms with E-state index in [2.05, 4.69) is 21.1 Å². The van der Waals surface area contributed by atoms with E-state index in [1.54, 1.807) is 12.1 Å². The molecule has 0 aromatic heterocycles. The highest BCUT2D eigenvalue weighted by Crippen LogP contribution is 2.41. The molecule has 12 heteroatoms. The summed E-state index contributed by atoms with van der Waals surface area (Å²) >= 11 is 6.32. The molecule has 3 N–H and O–H groups in total. The minimum atomic E-state index is -1.16. The largest absolute Gasteiger partial charge is 0.387 e. The van der Waals surface area contributed by atoms with Crippen LogP contribution in [0, 0.1) is 11.3 Å². The van der Waals surface area contributed by atoms with E-state index in [4.69, 9.17) is 16.4 Å². The van der Waals surface area contributed by atoms with Crippen molar-refractivity contribution in [3.05, 3.63) is 107 Å². The van der Waals surface area contributed by atoms with E-state index in [1.807, 2.05) is 114 Å². The van der Waals surface area contributed by atoms with Gasteiger partial charge in [0.15, 0.2) is 5.60 Å². The Morgan fingerprint density at radius 3 is 2.10 bits per heavy atom. The molecular formula is C49H62ClN5O6. The molecule has 2 fully saturated rings. The fourth-order valence-electron chi connectivity index (χ4n) is 9.27. The first-order chi connectivity index (χ1) is 29.0. The summed E-state index contributed by atoms with van der Waals surface area (Å²) < 4.78 is 0. The number of rotatable bonds is 15. The second-order valence-electron chi connectivity index (χ2n) is 18.6. The molecule has 1 aliphatic carbocycles. The number of Topliss-reactive ketones (excluding diaryl/α,β-unsaturated/α-hetero) is 1. The molecule has 2 aliphatic heterocycles. The lowest BCUT2D eigenvalue weighted by Gasteiger charge is -2.37. The summed E-state index contributed by atoms with van der Waals surface area (Å²) in [6, 6.07) is 23.2. The van der Waals surface area contributed by atoms with Crippen molar-refractivity contribution >= 4 is 46.7 Å². The van der Waals surface area contributed by atoms with Gasteiger partial charge in [-0.3, -0.25) is 24.0 Å². The third-order valence-corrected chi connectivity index (χ3v) is 13.2. The van der Waals surface area contributed by atoms with Crippen LogP contribution in [0.15, 0.2) is 90.1 Å². The zero-order chi connectivity index (χ0) is 44.0. The zero-order valence-corrected chi connectivity index (χ0v) is 37.2. The summed E-state index contributed by atoms with van der Waals surface area (Å²) in [6.45, 7) is 11.5. The van der Waals surface area contributed by atoms with Crippen molar-refractivity contribution in [2.24, 2.45) is 16.5 Å². The first-order valence-corrected chi connectivity index (χ1v) is 22.3. The molecule has 1 saturated heterocycles. The van der Waals surface area contributed by atoms with Gasteiger partial charge < -0.3 is 25.7 Å². The first-order valence-electron chi connectivity index (χ1n) is 21.9. The Bertz CT molecular complexity index is 2040. The molecule has 2 heterocycles. The van der Waals surface area contributed by atoms with Gasteiger partial charge in [-0.1, -0.05) is 143 Å². The van der Waals surface area contributed by atoms with Gasteiger partial charge in [-0.25, -0.2) is 0 Å². The van der Waals surface area contributed by atoms with Crippen molar-refractivity contribution in [2.75, 3.05) is 6.54 Å². The Kier molecular flexibility index (Phi) is 14.4. The summed E-state index contributed by atoms with van der Waals surface area (Å²) in [6.07, 6.45) is 6.74. The average Bonchev–Trinajstić information content (AvgIpc) is 3.85. The van der Waals surface area contributed by atoms with Gasteiger partial charge in [-0.15, -0.1) is 0 Å². The molecular weight excluding hydrogens is 790 g/mol. The molecule has 61 heavy (non-hydrogen) atoms. The fraction of sp³-hybridized carbons (Fsp3) is 0.510. The van der Waals surface area contributed by atoms with Crippen molar-refractivity contribution < 1.29 is 28.8 Å². The number of likely N-dealkylation sites (tertiary alicyclic amines) is 1. The molecule has 3 aliphatic rings. The van der Waals surface area contributed by atoms with E-state index in [9.17, 15) is 24.0 Å². The smallest absolute Gasteiger partial charge is 0.289 e. The Labute approximate surface area is 365 Å². The normalized spacial score (nSPS) is 20.9. The van der Waals surface area contributed by atoms with Gasteiger partial charge in [-0.05, 0) is 67.7 Å². The van der Waals surface area contributed by atoms with Crippen LogP contribution in [0.3, 0.4) is 0 Å². The monoisotopic (exact) mass is 851 g/mol. The van der Waals surface area contributed by atoms with Crippen molar-refractivity contribution in [1.82, 2.24) is 20.9 Å². The number of nitrogens with zero attached hydrogens (tertiary/aromatic N) is 2. The van der Waals surface area contributed by atoms with E-state index >= 15 is 0 Å². The molecule has 11 nitrogen and oxygen atoms in total. The highest BCUT2D eigenvalue weighted by molar-refractivity contribution is 6.38. The van der Waals surface area contributed by atoms with Gasteiger partial charge in [0.25, 0.3) is 5.91 Å². The average molecular weight is 853 g/mol. The van der Waals surface area contributed by atoms with E-state index in [0.717, 1.165) is 42.4 Å². The van der Waals surface area contributed by atoms with Crippen molar-refractivity contribution in [1.29, 1.82) is 0 Å². The molecule has 0 unspecified atom stereocenters. The van der Waals surface area contributed by atoms with Gasteiger partial charge in [0.2, 0.25) is 23.5 Å². The van der Waals surface area contributed by atoms with Crippen LogP contribution in [-0.4, -0.2) is 76.3 Å². The van der Waals surface area contributed by atoms with E-state index in [0.29, 0.717) is 30.0 Å². The second-order valence-corrected chi connectivity index (χ2v) is 19.0. The number of amides is 4. The Hall–Kier alpha value is -5.03. The van der Waals surface area contributed by atoms with Crippen molar-refractivity contribution in [3.8, 4) is 0 Å². The summed E-state index contributed by atoms with van der Waals surface area (Å²) in [7, 11) is 0. The first kappa shape index (κ1) is 45.5. The lowest BCUT2D eigenvalue weighted by Crippen LogP contribution is -2.59. The summed E-state index contributed by atoms with van der Waals surface area (Å²) in [5, 5.41) is 13.9. The third-order valence-electron chi connectivity index (χ3n) is 13.0. The lowest BCUT2D eigenvalue weighted by atomic mass is 9.71. The molecule has 1 spiro atoms. The summed E-state index contributed by atoms with van der Waals surface area (Å²) in [5.41, 5.74) is 0.877. The predicted octanol–water partition coefficient (Wildman–Crippen LogP) is 7.67. The molecule has 5 atom stereocenters. The van der Waals surface area contributed by atoms with Crippen LogP contribution in [-0.2, 0) is 34.2 Å². The van der Waals surface area contributed by atoms with Crippen LogP contribution < -0.4 is 16.0 Å². The maximum atomic E-state index is 14.9. The standard InChI is InChI=1S/C49H62ClN5O6/c1-7-18-38(42(57)45(59)51-32(2)48(6,35-22-13-9-14-23-35)36-24-15-10-16-25-36)52-44(58)40-30-49(29-39(54-61-49)34-21-17-26-37(50)28-34)31-55(40)46(60)43(47(3,4)5)53-41(56)27-33-19-11-8-12-20-33/h9-10,13-17,21-26,28,32-33,38,40,43H,7-8,11-12,18-20,27,29-31H2,1-6H3,(H,51,59)(H,52,58)(H,53,56)/t32-,38-,40-,43+,49+/m0/s1. The van der Waals surface area contributed by atoms with Crippen molar-refractivity contribution in [2.45, 2.75) is 141 Å². The number of benzene rings is 3. The minimum absolute atomic E-state index is 0.0184. The number of hydrogen-bond acceptors (Lipinski definition) is 7. The maximum Gasteiger partial charge on any atom is 0.289 e. The van der Waals surface area contributed by atoms with Crippen LogP contribution in [0.2, 0.25) is 5.02 Å². The highest BCUT2D eigenvalue weighted by atomic mass is 35.5. The molecule has 0 bridgehead atoms. The number of oxime groups is 1. The minimum Gasteiger partial charge on any atom is -0.387 e. The summed E-state index contributed by atoms with van der Waals surface area (Å²) in [4.78, 5) is 78.7. The SMILES string of the molecule is CCC[C@H](NC(=O)[C@@H]1C[C@]2(CC(c3cccc(Cl)c3)=NO2)CN1C(=O)[C@@H](NC(=O)CC1CCCCC1)C(C)(C)C)C(=O)C(=O)N[C@@H](C)C(C)(c1ccccc1)c1ccccc1. The number of nitrogens with one attached hydrogen (secondary N) is 3. The summed E-state index contributed by atoms with van der Waals surface area (Å²) in [5.74, 6) is -2.52. The fourth-order valence-corrected chi connectivity index (χ4v) is 9.46. The maximum absolute atomic E-state index is 14.9.